The van der Waals surface area contributed by atoms with Crippen LogP contribution in [0.3, 0.4) is 0 Å². The molecule has 0 unspecified atom stereocenters. The van der Waals surface area contributed by atoms with Gasteiger partial charge in [-0.2, -0.15) is 0 Å². The van der Waals surface area contributed by atoms with Gasteiger partial charge in [-0.05, 0) is 56.7 Å². The number of carbonyl (C=O) groups excluding carboxylic acids is 2. The van der Waals surface area contributed by atoms with Crippen molar-refractivity contribution in [3.05, 3.63) is 58.1 Å². The standard InChI is InChI=1S/C27H33ClF3N3O6S/c1-5-41(37,38)23-9-8-21(28)14-20(23)16-32-24(35)18-6-7-19(22(15-18)39-27(29,30)31)17-33-10-12-34(13-11-33)25(36)40-26(2,3)4/h6-9,14-15H,5,10-13,16-17H2,1-4H3,(H,32,35). The molecular formula is C27H33ClF3N3O6S. The molecule has 2 aromatic carbocycles. The fourth-order valence-electron chi connectivity index (χ4n) is 4.12. The number of benzene rings is 2. The highest BCUT2D eigenvalue weighted by atomic mass is 35.5. The van der Waals surface area contributed by atoms with E-state index in [4.69, 9.17) is 16.3 Å². The van der Waals surface area contributed by atoms with Gasteiger partial charge in [-0.25, -0.2) is 13.2 Å². The summed E-state index contributed by atoms with van der Waals surface area (Å²) in [5, 5.41) is 2.81. The maximum Gasteiger partial charge on any atom is 0.573 e. The molecule has 0 spiro atoms. The third kappa shape index (κ3) is 9.50. The second-order valence-corrected chi connectivity index (χ2v) is 13.1. The van der Waals surface area contributed by atoms with Gasteiger partial charge in [-0.3, -0.25) is 9.69 Å². The van der Waals surface area contributed by atoms with E-state index >= 15 is 0 Å². The third-order valence-electron chi connectivity index (χ3n) is 6.15. The number of hydrogen-bond acceptors (Lipinski definition) is 7. The summed E-state index contributed by atoms with van der Waals surface area (Å²) in [5.41, 5.74) is -0.294. The molecule has 1 heterocycles. The zero-order chi connectivity index (χ0) is 30.6. The Labute approximate surface area is 242 Å². The zero-order valence-corrected chi connectivity index (χ0v) is 24.8. The van der Waals surface area contributed by atoms with Crippen molar-refractivity contribution < 1.29 is 40.7 Å². The predicted octanol–water partition coefficient (Wildman–Crippen LogP) is 5.01. The molecular weight excluding hydrogens is 587 g/mol. The number of piperazine rings is 1. The number of nitrogens with one attached hydrogen (secondary N) is 1. The lowest BCUT2D eigenvalue weighted by atomic mass is 10.1. The van der Waals surface area contributed by atoms with Crippen LogP contribution < -0.4 is 10.1 Å². The van der Waals surface area contributed by atoms with Gasteiger partial charge in [0.05, 0.1) is 10.6 Å². The Bertz CT molecular complexity index is 1370. The van der Waals surface area contributed by atoms with Crippen LogP contribution in [0.2, 0.25) is 5.02 Å². The summed E-state index contributed by atoms with van der Waals surface area (Å²) < 4.78 is 74.2. The maximum atomic E-state index is 13.2. The summed E-state index contributed by atoms with van der Waals surface area (Å²) in [6.45, 7) is 8.12. The Morgan fingerprint density at radius 1 is 1.00 bits per heavy atom. The fraction of sp³-hybridized carbons (Fsp3) is 0.481. The molecule has 0 aliphatic carbocycles. The van der Waals surface area contributed by atoms with Crippen molar-refractivity contribution >= 4 is 33.4 Å². The minimum Gasteiger partial charge on any atom is -0.444 e. The number of halogens is 4. The molecule has 1 aliphatic heterocycles. The first-order valence-corrected chi connectivity index (χ1v) is 14.9. The minimum atomic E-state index is -5.00. The zero-order valence-electron chi connectivity index (χ0n) is 23.2. The lowest BCUT2D eigenvalue weighted by molar-refractivity contribution is -0.275. The molecule has 9 nitrogen and oxygen atoms in total. The third-order valence-corrected chi connectivity index (χ3v) is 8.21. The number of carbonyl (C=O) groups is 2. The van der Waals surface area contributed by atoms with E-state index < -0.39 is 39.6 Å². The SMILES string of the molecule is CCS(=O)(=O)c1ccc(Cl)cc1CNC(=O)c1ccc(CN2CCN(C(=O)OC(C)(C)C)CC2)c(OC(F)(F)F)c1. The molecule has 0 atom stereocenters. The molecule has 2 aromatic rings. The molecule has 0 bridgehead atoms. The second-order valence-electron chi connectivity index (χ2n) is 10.5. The molecule has 1 aliphatic rings. The lowest BCUT2D eigenvalue weighted by Gasteiger charge is -2.35. The number of alkyl halides is 3. The topological polar surface area (TPSA) is 105 Å². The van der Waals surface area contributed by atoms with Crippen LogP contribution in [-0.4, -0.2) is 74.1 Å². The van der Waals surface area contributed by atoms with Crippen LogP contribution in [0.5, 0.6) is 5.75 Å². The minimum absolute atomic E-state index is 0.00732. The van der Waals surface area contributed by atoms with Crippen LogP contribution in [0, 0.1) is 0 Å². The number of nitrogens with zero attached hydrogens (tertiary/aromatic N) is 2. The Morgan fingerprint density at radius 2 is 1.66 bits per heavy atom. The van der Waals surface area contributed by atoms with E-state index in [9.17, 15) is 31.2 Å². The van der Waals surface area contributed by atoms with Crippen LogP contribution in [-0.2, 0) is 27.7 Å². The van der Waals surface area contributed by atoms with E-state index in [2.05, 4.69) is 10.1 Å². The highest BCUT2D eigenvalue weighted by Gasteiger charge is 2.33. The normalized spacial score (nSPS) is 15.0. The Balaban J connectivity index is 1.73. The molecule has 0 aromatic heterocycles. The van der Waals surface area contributed by atoms with Gasteiger partial charge in [0, 0.05) is 55.4 Å². The van der Waals surface area contributed by atoms with E-state index in [1.807, 2.05) is 4.90 Å². The Morgan fingerprint density at radius 3 is 2.24 bits per heavy atom. The summed E-state index contributed by atoms with van der Waals surface area (Å²) in [5.74, 6) is -1.42. The highest BCUT2D eigenvalue weighted by molar-refractivity contribution is 7.91. The van der Waals surface area contributed by atoms with Crippen LogP contribution in [0.25, 0.3) is 0 Å². The van der Waals surface area contributed by atoms with Crippen molar-refractivity contribution in [2.45, 2.75) is 57.6 Å². The number of hydrogen-bond donors (Lipinski definition) is 1. The first-order valence-electron chi connectivity index (χ1n) is 12.9. The average Bonchev–Trinajstić information content (AvgIpc) is 2.86. The molecule has 226 valence electrons. The number of amides is 2. The molecule has 3 rings (SSSR count). The van der Waals surface area contributed by atoms with E-state index in [0.29, 0.717) is 26.2 Å². The largest absolute Gasteiger partial charge is 0.573 e. The van der Waals surface area contributed by atoms with E-state index in [1.165, 1.54) is 37.3 Å². The van der Waals surface area contributed by atoms with Crippen molar-refractivity contribution in [1.82, 2.24) is 15.1 Å². The second kappa shape index (κ2) is 12.9. The molecule has 41 heavy (non-hydrogen) atoms. The van der Waals surface area contributed by atoms with E-state index in [-0.39, 0.29) is 45.5 Å². The lowest BCUT2D eigenvalue weighted by Crippen LogP contribution is -2.49. The molecule has 2 amide bonds. The Hall–Kier alpha value is -3.03. The highest BCUT2D eigenvalue weighted by Crippen LogP contribution is 2.29. The van der Waals surface area contributed by atoms with Crippen molar-refractivity contribution in [2.75, 3.05) is 31.9 Å². The quantitative estimate of drug-likeness (QED) is 0.443. The molecule has 1 N–H and O–H groups in total. The predicted molar refractivity (Wildman–Crippen MR) is 147 cm³/mol. The summed E-state index contributed by atoms with van der Waals surface area (Å²) in [6, 6.07) is 7.92. The van der Waals surface area contributed by atoms with Crippen molar-refractivity contribution in [3.63, 3.8) is 0 Å². The van der Waals surface area contributed by atoms with Crippen molar-refractivity contribution in [2.24, 2.45) is 0 Å². The van der Waals surface area contributed by atoms with Gasteiger partial charge in [-0.15, -0.1) is 13.2 Å². The first-order chi connectivity index (χ1) is 19.0. The van der Waals surface area contributed by atoms with E-state index in [0.717, 1.165) is 6.07 Å². The van der Waals surface area contributed by atoms with Crippen LogP contribution in [0.1, 0.15) is 49.2 Å². The van der Waals surface area contributed by atoms with Crippen LogP contribution in [0.15, 0.2) is 41.3 Å². The average molecular weight is 620 g/mol. The van der Waals surface area contributed by atoms with Gasteiger partial charge in [0.1, 0.15) is 11.4 Å². The summed E-state index contributed by atoms with van der Waals surface area (Å²) in [6.07, 6.45) is -5.45. The van der Waals surface area contributed by atoms with Gasteiger partial charge in [0.15, 0.2) is 9.84 Å². The van der Waals surface area contributed by atoms with E-state index in [1.54, 1.807) is 25.7 Å². The van der Waals surface area contributed by atoms with Gasteiger partial charge in [-0.1, -0.05) is 24.6 Å². The fourth-order valence-corrected chi connectivity index (χ4v) is 5.44. The van der Waals surface area contributed by atoms with Gasteiger partial charge in [0.25, 0.3) is 5.91 Å². The first kappa shape index (κ1) is 32.5. The summed E-state index contributed by atoms with van der Waals surface area (Å²) >= 11 is 6.01. The van der Waals surface area contributed by atoms with Crippen molar-refractivity contribution in [3.8, 4) is 5.75 Å². The number of rotatable bonds is 8. The van der Waals surface area contributed by atoms with Gasteiger partial charge in [0.2, 0.25) is 0 Å². The van der Waals surface area contributed by atoms with Crippen molar-refractivity contribution in [1.29, 1.82) is 0 Å². The van der Waals surface area contributed by atoms with Gasteiger partial charge >= 0.3 is 12.5 Å². The summed E-state index contributed by atoms with van der Waals surface area (Å²) in [7, 11) is -3.61. The van der Waals surface area contributed by atoms with Gasteiger partial charge < -0.3 is 19.7 Å². The molecule has 1 saturated heterocycles. The molecule has 0 saturated carbocycles. The molecule has 1 fully saturated rings. The smallest absolute Gasteiger partial charge is 0.444 e. The number of ether oxygens (including phenoxy) is 2. The maximum absolute atomic E-state index is 13.2. The molecule has 0 radical (unpaired) electrons. The monoisotopic (exact) mass is 619 g/mol. The Kier molecular flexibility index (Phi) is 10.2. The molecule has 14 heteroatoms. The summed E-state index contributed by atoms with van der Waals surface area (Å²) in [4.78, 5) is 28.6. The van der Waals surface area contributed by atoms with Crippen LogP contribution in [0.4, 0.5) is 18.0 Å². The van der Waals surface area contributed by atoms with Crippen LogP contribution >= 0.6 is 11.6 Å². The number of sulfone groups is 1.